The molecule has 8 heteroatoms. The quantitative estimate of drug-likeness (QED) is 0.267. The zero-order chi connectivity index (χ0) is 22.5. The fourth-order valence-corrected chi connectivity index (χ4v) is 3.54. The molecule has 0 atom stereocenters. The van der Waals surface area contributed by atoms with E-state index in [1.165, 1.54) is 24.4 Å². The molecule has 0 saturated heterocycles. The summed E-state index contributed by atoms with van der Waals surface area (Å²) < 4.78 is 16.0. The number of carbonyl (C=O) groups excluding carboxylic acids is 1. The van der Waals surface area contributed by atoms with Gasteiger partial charge in [-0.3, -0.25) is 14.9 Å². The summed E-state index contributed by atoms with van der Waals surface area (Å²) in [7, 11) is 0. The molecule has 1 N–H and O–H groups in total. The summed E-state index contributed by atoms with van der Waals surface area (Å²) in [5.74, 6) is -0.742. The van der Waals surface area contributed by atoms with Crippen LogP contribution < -0.4 is 5.43 Å². The van der Waals surface area contributed by atoms with Crippen LogP contribution in [0.4, 0.5) is 10.1 Å². The van der Waals surface area contributed by atoms with E-state index in [1.807, 2.05) is 35.0 Å². The van der Waals surface area contributed by atoms with Crippen LogP contribution in [0.2, 0.25) is 0 Å². The number of hydrogen-bond acceptors (Lipinski definition) is 4. The summed E-state index contributed by atoms with van der Waals surface area (Å²) >= 11 is 0. The first-order chi connectivity index (χ1) is 15.5. The average Bonchev–Trinajstić information content (AvgIpc) is 3.13. The van der Waals surface area contributed by atoms with Gasteiger partial charge in [-0.1, -0.05) is 54.6 Å². The standard InChI is InChI=1S/C24H19FN4O3/c25-21-10-4-1-8-18(21)15-28-16-19(20-9-3-6-12-23(20)28)14-26-27-24(30)13-17-7-2-5-11-22(17)29(31)32/h1-12,14,16H,13,15H2,(H,27,30). The lowest BCUT2D eigenvalue weighted by Crippen LogP contribution is -2.20. The fourth-order valence-electron chi connectivity index (χ4n) is 3.54. The highest BCUT2D eigenvalue weighted by atomic mass is 19.1. The zero-order valence-electron chi connectivity index (χ0n) is 16.9. The largest absolute Gasteiger partial charge is 0.342 e. The van der Waals surface area contributed by atoms with Gasteiger partial charge < -0.3 is 4.57 Å². The number of nitrogens with one attached hydrogen (secondary N) is 1. The molecule has 0 bridgehead atoms. The van der Waals surface area contributed by atoms with Crippen molar-refractivity contribution in [3.63, 3.8) is 0 Å². The van der Waals surface area contributed by atoms with Gasteiger partial charge in [-0.05, 0) is 12.1 Å². The monoisotopic (exact) mass is 430 g/mol. The Hall–Kier alpha value is -4.33. The maximum atomic E-state index is 14.1. The number of hydrazone groups is 1. The van der Waals surface area contributed by atoms with Crippen molar-refractivity contribution >= 4 is 28.7 Å². The summed E-state index contributed by atoms with van der Waals surface area (Å²) in [6.45, 7) is 0.352. The molecule has 4 rings (SSSR count). The number of halogens is 1. The smallest absolute Gasteiger partial charge is 0.273 e. The Labute approximate surface area is 183 Å². The molecule has 160 valence electrons. The molecule has 0 aliphatic rings. The Bertz CT molecular complexity index is 1330. The lowest BCUT2D eigenvalue weighted by atomic mass is 10.1. The number of nitro groups is 1. The summed E-state index contributed by atoms with van der Waals surface area (Å²) in [4.78, 5) is 22.8. The van der Waals surface area contributed by atoms with Crippen LogP contribution in [0.1, 0.15) is 16.7 Å². The maximum Gasteiger partial charge on any atom is 0.273 e. The minimum Gasteiger partial charge on any atom is -0.342 e. The molecule has 4 aromatic rings. The van der Waals surface area contributed by atoms with E-state index >= 15 is 0 Å². The van der Waals surface area contributed by atoms with E-state index in [4.69, 9.17) is 0 Å². The molecule has 0 aliphatic heterocycles. The van der Waals surface area contributed by atoms with Crippen molar-refractivity contribution in [2.45, 2.75) is 13.0 Å². The van der Waals surface area contributed by atoms with Crippen molar-refractivity contribution < 1.29 is 14.1 Å². The SMILES string of the molecule is O=C(Cc1ccccc1[N+](=O)[O-])NN=Cc1cn(Cc2ccccc2F)c2ccccc12. The molecule has 32 heavy (non-hydrogen) atoms. The number of aromatic nitrogens is 1. The molecule has 0 saturated carbocycles. The number of nitrogens with zero attached hydrogens (tertiary/aromatic N) is 3. The van der Waals surface area contributed by atoms with Gasteiger partial charge in [0.1, 0.15) is 5.82 Å². The number of para-hydroxylation sites is 2. The third-order valence-electron chi connectivity index (χ3n) is 5.05. The predicted octanol–water partition coefficient (Wildman–Crippen LogP) is 4.43. The lowest BCUT2D eigenvalue weighted by molar-refractivity contribution is -0.385. The van der Waals surface area contributed by atoms with E-state index in [1.54, 1.807) is 30.3 Å². The molecule has 3 aromatic carbocycles. The first-order valence-electron chi connectivity index (χ1n) is 9.88. The average molecular weight is 430 g/mol. The van der Waals surface area contributed by atoms with Gasteiger partial charge in [-0.15, -0.1) is 0 Å². The Balaban J connectivity index is 1.51. The van der Waals surface area contributed by atoms with Gasteiger partial charge in [0, 0.05) is 39.9 Å². The highest BCUT2D eigenvalue weighted by Gasteiger charge is 2.15. The van der Waals surface area contributed by atoms with E-state index < -0.39 is 10.8 Å². The summed E-state index contributed by atoms with van der Waals surface area (Å²) in [6, 6.07) is 20.3. The van der Waals surface area contributed by atoms with E-state index in [2.05, 4.69) is 10.5 Å². The first kappa shape index (κ1) is 20.9. The molecular formula is C24H19FN4O3. The molecule has 0 spiro atoms. The number of hydrogen-bond donors (Lipinski definition) is 1. The number of nitro benzene ring substituents is 1. The molecule has 7 nitrogen and oxygen atoms in total. The highest BCUT2D eigenvalue weighted by Crippen LogP contribution is 2.22. The van der Waals surface area contributed by atoms with Crippen LogP contribution in [0.3, 0.4) is 0 Å². The Morgan fingerprint density at radius 2 is 1.72 bits per heavy atom. The summed E-state index contributed by atoms with van der Waals surface area (Å²) in [6.07, 6.45) is 3.19. The van der Waals surface area contributed by atoms with Crippen molar-refractivity contribution in [3.05, 3.63) is 112 Å². The Kier molecular flexibility index (Phi) is 6.03. The number of benzene rings is 3. The second kappa shape index (κ2) is 9.22. The molecule has 1 amide bonds. The van der Waals surface area contributed by atoms with Crippen molar-refractivity contribution in [2.24, 2.45) is 5.10 Å². The molecule has 1 heterocycles. The zero-order valence-corrected chi connectivity index (χ0v) is 16.9. The van der Waals surface area contributed by atoms with E-state index in [-0.39, 0.29) is 17.9 Å². The number of amides is 1. The van der Waals surface area contributed by atoms with Crippen molar-refractivity contribution in [2.75, 3.05) is 0 Å². The third-order valence-corrected chi connectivity index (χ3v) is 5.05. The molecular weight excluding hydrogens is 411 g/mol. The van der Waals surface area contributed by atoms with Crippen LogP contribution in [0.25, 0.3) is 10.9 Å². The lowest BCUT2D eigenvalue weighted by Gasteiger charge is -2.06. The topological polar surface area (TPSA) is 89.5 Å². The van der Waals surface area contributed by atoms with Crippen LogP contribution in [-0.4, -0.2) is 21.6 Å². The molecule has 0 aliphatic carbocycles. The molecule has 0 unspecified atom stereocenters. The van der Waals surface area contributed by atoms with Crippen LogP contribution in [-0.2, 0) is 17.8 Å². The highest BCUT2D eigenvalue weighted by molar-refractivity contribution is 5.99. The van der Waals surface area contributed by atoms with Crippen LogP contribution in [0, 0.1) is 15.9 Å². The predicted molar refractivity (Wildman–Crippen MR) is 120 cm³/mol. The number of fused-ring (bicyclic) bond motifs is 1. The Morgan fingerprint density at radius 3 is 2.50 bits per heavy atom. The minimum absolute atomic E-state index is 0.108. The third kappa shape index (κ3) is 4.54. The van der Waals surface area contributed by atoms with Crippen molar-refractivity contribution in [3.8, 4) is 0 Å². The van der Waals surface area contributed by atoms with Crippen LogP contribution in [0.5, 0.6) is 0 Å². The second-order valence-corrected chi connectivity index (χ2v) is 7.18. The second-order valence-electron chi connectivity index (χ2n) is 7.18. The minimum atomic E-state index is -0.518. The van der Waals surface area contributed by atoms with E-state index in [0.717, 1.165) is 16.5 Å². The summed E-state index contributed by atoms with van der Waals surface area (Å²) in [5, 5.41) is 16.0. The first-order valence-corrected chi connectivity index (χ1v) is 9.88. The van der Waals surface area contributed by atoms with Gasteiger partial charge >= 0.3 is 0 Å². The molecule has 0 fully saturated rings. The molecule has 1 aromatic heterocycles. The fraction of sp³-hybridized carbons (Fsp3) is 0.0833. The van der Waals surface area contributed by atoms with Gasteiger partial charge in [0.25, 0.3) is 5.69 Å². The maximum absolute atomic E-state index is 14.1. The van der Waals surface area contributed by atoms with Crippen molar-refractivity contribution in [1.82, 2.24) is 9.99 Å². The number of rotatable bonds is 7. The number of carbonyl (C=O) groups is 1. The van der Waals surface area contributed by atoms with Crippen LogP contribution in [0.15, 0.2) is 84.1 Å². The Morgan fingerprint density at radius 1 is 1.03 bits per heavy atom. The van der Waals surface area contributed by atoms with Gasteiger partial charge in [0.15, 0.2) is 0 Å². The molecule has 0 radical (unpaired) electrons. The summed E-state index contributed by atoms with van der Waals surface area (Å²) in [5.41, 5.74) is 4.84. The van der Waals surface area contributed by atoms with Crippen LogP contribution >= 0.6 is 0 Å². The van der Waals surface area contributed by atoms with Gasteiger partial charge in [0.05, 0.1) is 24.1 Å². The van der Waals surface area contributed by atoms with Gasteiger partial charge in [-0.25, -0.2) is 9.82 Å². The van der Waals surface area contributed by atoms with Gasteiger partial charge in [-0.2, -0.15) is 5.10 Å². The van der Waals surface area contributed by atoms with E-state index in [0.29, 0.717) is 17.7 Å². The normalized spacial score (nSPS) is 11.2. The van der Waals surface area contributed by atoms with Crippen molar-refractivity contribution in [1.29, 1.82) is 0 Å². The van der Waals surface area contributed by atoms with E-state index in [9.17, 15) is 19.3 Å². The van der Waals surface area contributed by atoms with Gasteiger partial charge in [0.2, 0.25) is 5.91 Å².